The average molecular weight is 313 g/mol. The Morgan fingerprint density at radius 2 is 2.13 bits per heavy atom. The molecule has 0 amide bonds. The maximum Gasteiger partial charge on any atom is 0.329 e. The van der Waals surface area contributed by atoms with Crippen LogP contribution in [0.25, 0.3) is 0 Å². The zero-order chi connectivity index (χ0) is 16.7. The van der Waals surface area contributed by atoms with Gasteiger partial charge in [-0.1, -0.05) is 12.1 Å². The number of hydrogen-bond acceptors (Lipinski definition) is 5. The Bertz CT molecular complexity index is 996. The lowest BCUT2D eigenvalue weighted by atomic mass is 9.84. The van der Waals surface area contributed by atoms with Gasteiger partial charge in [0.1, 0.15) is 17.5 Å². The topological polar surface area (TPSA) is 117 Å². The molecule has 0 unspecified atom stereocenters. The average Bonchev–Trinajstić information content (AvgIpc) is 2.51. The fourth-order valence-corrected chi connectivity index (χ4v) is 2.65. The summed E-state index contributed by atoms with van der Waals surface area (Å²) in [6.07, 6.45) is 0. The Labute approximate surface area is 129 Å². The maximum absolute atomic E-state index is 13.6. The van der Waals surface area contributed by atoms with Crippen molar-refractivity contribution in [3.8, 4) is 6.07 Å². The van der Waals surface area contributed by atoms with Crippen LogP contribution in [0.1, 0.15) is 17.0 Å². The standard InChI is InChI=1S/C15H12FN5O2/c1-21-14(22)11-10(7-3-2-4-8(16)5-7)9(6-17)12(18)19-13(11)20-15(21)23/h2-5,10,19H,18H2,1H3,(H,20,23)/t10-/m1/s1. The van der Waals surface area contributed by atoms with E-state index in [2.05, 4.69) is 10.3 Å². The van der Waals surface area contributed by atoms with Crippen LogP contribution in [0.3, 0.4) is 0 Å². The molecule has 0 aliphatic carbocycles. The van der Waals surface area contributed by atoms with Gasteiger partial charge in [-0.2, -0.15) is 5.26 Å². The van der Waals surface area contributed by atoms with E-state index < -0.39 is 23.0 Å². The lowest BCUT2D eigenvalue weighted by Crippen LogP contribution is -2.40. The number of nitrogens with two attached hydrogens (primary N) is 1. The minimum atomic E-state index is -0.859. The van der Waals surface area contributed by atoms with Crippen LogP contribution < -0.4 is 22.3 Å². The summed E-state index contributed by atoms with van der Waals surface area (Å²) in [5.74, 6) is -1.23. The van der Waals surface area contributed by atoms with Crippen molar-refractivity contribution in [1.29, 1.82) is 5.26 Å². The van der Waals surface area contributed by atoms with E-state index in [0.29, 0.717) is 5.56 Å². The largest absolute Gasteiger partial charge is 0.384 e. The third-order valence-corrected chi connectivity index (χ3v) is 3.77. The molecule has 2 aromatic rings. The normalized spacial score (nSPS) is 16.5. The first-order valence-corrected chi connectivity index (χ1v) is 6.69. The quantitative estimate of drug-likeness (QED) is 0.707. The van der Waals surface area contributed by atoms with Gasteiger partial charge in [-0.05, 0) is 17.7 Å². The molecule has 0 saturated heterocycles. The van der Waals surface area contributed by atoms with Gasteiger partial charge < -0.3 is 11.1 Å². The Kier molecular flexibility index (Phi) is 3.26. The first-order valence-electron chi connectivity index (χ1n) is 6.69. The van der Waals surface area contributed by atoms with Crippen LogP contribution in [0, 0.1) is 17.1 Å². The van der Waals surface area contributed by atoms with Crippen LogP contribution in [0.2, 0.25) is 0 Å². The fraction of sp³-hybridized carbons (Fsp3) is 0.133. The molecule has 0 saturated carbocycles. The van der Waals surface area contributed by atoms with E-state index in [1.807, 2.05) is 6.07 Å². The number of H-pyrrole nitrogens is 1. The van der Waals surface area contributed by atoms with Crippen molar-refractivity contribution in [1.82, 2.24) is 9.55 Å². The molecule has 4 N–H and O–H groups in total. The minimum absolute atomic E-state index is 0.0122. The highest BCUT2D eigenvalue weighted by Crippen LogP contribution is 2.37. The van der Waals surface area contributed by atoms with Gasteiger partial charge in [0.05, 0.1) is 23.1 Å². The second kappa shape index (κ2) is 5.14. The van der Waals surface area contributed by atoms with Crippen molar-refractivity contribution >= 4 is 5.82 Å². The van der Waals surface area contributed by atoms with Crippen molar-refractivity contribution in [2.24, 2.45) is 12.8 Å². The van der Waals surface area contributed by atoms with Crippen LogP contribution in [0.5, 0.6) is 0 Å². The van der Waals surface area contributed by atoms with Gasteiger partial charge in [0.25, 0.3) is 5.56 Å². The van der Waals surface area contributed by atoms with E-state index in [0.717, 1.165) is 4.57 Å². The van der Waals surface area contributed by atoms with Gasteiger partial charge in [-0.15, -0.1) is 0 Å². The second-order valence-electron chi connectivity index (χ2n) is 5.14. The van der Waals surface area contributed by atoms with Crippen molar-refractivity contribution in [3.05, 3.63) is 73.4 Å². The van der Waals surface area contributed by atoms with Crippen molar-refractivity contribution in [2.45, 2.75) is 5.92 Å². The van der Waals surface area contributed by atoms with Crippen LogP contribution >= 0.6 is 0 Å². The molecular weight excluding hydrogens is 301 g/mol. The summed E-state index contributed by atoms with van der Waals surface area (Å²) >= 11 is 0. The maximum atomic E-state index is 13.6. The molecule has 1 atom stereocenters. The monoisotopic (exact) mass is 313 g/mol. The SMILES string of the molecule is Cn1c(=O)[nH]c2c(c1=O)[C@H](c1cccc(F)c1)C(C#N)=C(N)N2. The molecule has 1 aromatic heterocycles. The zero-order valence-corrected chi connectivity index (χ0v) is 12.1. The molecule has 7 nitrogen and oxygen atoms in total. The smallest absolute Gasteiger partial charge is 0.329 e. The number of hydrogen-bond donors (Lipinski definition) is 3. The van der Waals surface area contributed by atoms with E-state index in [4.69, 9.17) is 5.73 Å². The number of nitrogens with zero attached hydrogens (tertiary/aromatic N) is 2. The molecule has 116 valence electrons. The number of halogens is 1. The molecule has 23 heavy (non-hydrogen) atoms. The third kappa shape index (κ3) is 2.19. The molecule has 1 aliphatic rings. The van der Waals surface area contributed by atoms with E-state index in [-0.39, 0.29) is 22.8 Å². The van der Waals surface area contributed by atoms with Crippen LogP contribution in [0.15, 0.2) is 45.2 Å². The van der Waals surface area contributed by atoms with Crippen molar-refractivity contribution < 1.29 is 4.39 Å². The number of nitriles is 1. The minimum Gasteiger partial charge on any atom is -0.384 e. The predicted molar refractivity (Wildman–Crippen MR) is 81.0 cm³/mol. The van der Waals surface area contributed by atoms with Crippen LogP contribution in [-0.2, 0) is 7.05 Å². The lowest BCUT2D eigenvalue weighted by molar-refractivity contribution is 0.624. The summed E-state index contributed by atoms with van der Waals surface area (Å²) in [6, 6.07) is 7.52. The highest BCUT2D eigenvalue weighted by atomic mass is 19.1. The molecule has 3 rings (SSSR count). The molecular formula is C15H12FN5O2. The first kappa shape index (κ1) is 14.6. The number of aromatic amines is 1. The summed E-state index contributed by atoms with van der Waals surface area (Å²) in [4.78, 5) is 26.8. The molecule has 0 radical (unpaired) electrons. The Morgan fingerprint density at radius 3 is 2.78 bits per heavy atom. The third-order valence-electron chi connectivity index (χ3n) is 3.77. The number of fused-ring (bicyclic) bond motifs is 1. The number of anilines is 1. The molecule has 2 heterocycles. The summed E-state index contributed by atoms with van der Waals surface area (Å²) in [7, 11) is 1.32. The Balaban J connectivity index is 2.38. The zero-order valence-electron chi connectivity index (χ0n) is 12.1. The number of aromatic nitrogens is 2. The number of allylic oxidation sites excluding steroid dienone is 1. The summed E-state index contributed by atoms with van der Waals surface area (Å²) < 4.78 is 14.5. The van der Waals surface area contributed by atoms with Gasteiger partial charge in [-0.3, -0.25) is 14.3 Å². The Hall–Kier alpha value is -3.34. The molecule has 0 fully saturated rings. The van der Waals surface area contributed by atoms with Crippen LogP contribution in [0.4, 0.5) is 10.2 Å². The highest BCUT2D eigenvalue weighted by Gasteiger charge is 2.33. The first-order chi connectivity index (χ1) is 10.9. The molecule has 8 heteroatoms. The van der Waals surface area contributed by atoms with Gasteiger partial charge in [-0.25, -0.2) is 9.18 Å². The van der Waals surface area contributed by atoms with E-state index in [1.54, 1.807) is 6.07 Å². The fourth-order valence-electron chi connectivity index (χ4n) is 2.65. The predicted octanol–water partition coefficient (Wildman–Crippen LogP) is 0.464. The number of rotatable bonds is 1. The van der Waals surface area contributed by atoms with Crippen molar-refractivity contribution in [2.75, 3.05) is 5.32 Å². The molecule has 1 aromatic carbocycles. The number of benzene rings is 1. The van der Waals surface area contributed by atoms with Crippen LogP contribution in [-0.4, -0.2) is 9.55 Å². The van der Waals surface area contributed by atoms with E-state index in [1.165, 1.54) is 25.2 Å². The van der Waals surface area contributed by atoms with E-state index >= 15 is 0 Å². The van der Waals surface area contributed by atoms with E-state index in [9.17, 15) is 19.2 Å². The summed E-state index contributed by atoms with van der Waals surface area (Å²) in [6.45, 7) is 0. The lowest BCUT2D eigenvalue weighted by Gasteiger charge is -2.26. The van der Waals surface area contributed by atoms with Gasteiger partial charge in [0, 0.05) is 7.05 Å². The summed E-state index contributed by atoms with van der Waals surface area (Å²) in [5.41, 5.74) is 5.27. The van der Waals surface area contributed by atoms with Gasteiger partial charge in [0.15, 0.2) is 0 Å². The van der Waals surface area contributed by atoms with Gasteiger partial charge >= 0.3 is 5.69 Å². The Morgan fingerprint density at radius 1 is 1.39 bits per heavy atom. The second-order valence-corrected chi connectivity index (χ2v) is 5.14. The summed E-state index contributed by atoms with van der Waals surface area (Å²) in [5, 5.41) is 12.1. The molecule has 1 aliphatic heterocycles. The van der Waals surface area contributed by atoms with Crippen molar-refractivity contribution in [3.63, 3.8) is 0 Å². The molecule has 0 bridgehead atoms. The van der Waals surface area contributed by atoms with Gasteiger partial charge in [0.2, 0.25) is 0 Å². The highest BCUT2D eigenvalue weighted by molar-refractivity contribution is 5.63. The number of nitrogens with one attached hydrogen (secondary N) is 2. The molecule has 0 spiro atoms.